The topological polar surface area (TPSA) is 206 Å². The van der Waals surface area contributed by atoms with Gasteiger partial charge in [-0.25, -0.2) is 4.79 Å². The number of amides is 2. The molecule has 5 N–H and O–H groups in total. The van der Waals surface area contributed by atoms with Crippen LogP contribution in [0.1, 0.15) is 148 Å². The van der Waals surface area contributed by atoms with Crippen LogP contribution in [0.15, 0.2) is 0 Å². The number of carboxylic acid groups (broad SMARTS) is 3. The predicted molar refractivity (Wildman–Crippen MR) is 236 cm³/mol. The van der Waals surface area contributed by atoms with E-state index in [1.165, 1.54) is 44.9 Å². The number of carbonyl (C=O) groups is 6. The third-order valence-electron chi connectivity index (χ3n) is 9.36. The molecule has 2 fully saturated rings. The van der Waals surface area contributed by atoms with E-state index in [1.54, 1.807) is 43.2 Å². The first kappa shape index (κ1) is 52.2. The highest BCUT2D eigenvalue weighted by Gasteiger charge is 2.53. The fourth-order valence-corrected chi connectivity index (χ4v) is 19.8. The second-order valence-electron chi connectivity index (χ2n) is 14.3. The van der Waals surface area contributed by atoms with Gasteiger partial charge in [-0.2, -0.15) is 0 Å². The van der Waals surface area contributed by atoms with Gasteiger partial charge in [-0.3, -0.25) is 24.0 Å². The molecule has 0 saturated carbocycles. The second kappa shape index (κ2) is 32.8. The molecule has 2 aliphatic rings. The molecule has 0 bridgehead atoms. The molecule has 0 radical (unpaired) electrons. The van der Waals surface area contributed by atoms with Gasteiger partial charge in [-0.1, -0.05) is 127 Å². The molecule has 0 aromatic carbocycles. The lowest BCUT2D eigenvalue weighted by atomic mass is 10.0. The van der Waals surface area contributed by atoms with Crippen molar-refractivity contribution in [2.45, 2.75) is 161 Å². The molecular formula is C38H64N2O11S6. The highest BCUT2D eigenvalue weighted by atomic mass is 33.2. The van der Waals surface area contributed by atoms with Crippen LogP contribution in [0.5, 0.6) is 0 Å². The summed E-state index contributed by atoms with van der Waals surface area (Å²) in [6.07, 6.45) is 18.5. The summed E-state index contributed by atoms with van der Waals surface area (Å²) in [5.74, 6) is -3.70. The fraction of sp³-hybridized carbons (Fsp3) is 0.842. The number of ether oxygens (including phenoxy) is 2. The van der Waals surface area contributed by atoms with Crippen molar-refractivity contribution in [2.75, 3.05) is 33.0 Å². The minimum atomic E-state index is -1.15. The predicted octanol–water partition coefficient (Wildman–Crippen LogP) is 9.14. The van der Waals surface area contributed by atoms with Gasteiger partial charge in [0.25, 0.3) is 0 Å². The molecule has 328 valence electrons. The Morgan fingerprint density at radius 2 is 1.11 bits per heavy atom. The summed E-state index contributed by atoms with van der Waals surface area (Å²) >= 11 is 0. The number of carbonyl (C=O) groups excluding carboxylic acids is 3. The standard InChI is InChI=1S/C38H64N2O11S6/c41-29(22-23-31(36(48)49)40-32(42)20-13-11-9-7-5-3-1-2-4-6-8-10-12-14-21-34(44)45)18-17-25-50-26-27-51-28-33(43)39-24-16-15-19-30(35(46)47)37-52-54-38(55-53-37)56-57-38/h30-31,37H,1-28H2,(H,39,43)(H,40,42)(H,44,45)(H,46,47)(H,48,49)/t30-,31-/m0/s1. The maximum Gasteiger partial charge on any atom is 0.326 e. The van der Waals surface area contributed by atoms with Crippen molar-refractivity contribution in [3.63, 3.8) is 0 Å². The lowest BCUT2D eigenvalue weighted by molar-refractivity contribution is -0.142. The molecule has 2 saturated heterocycles. The highest BCUT2D eigenvalue weighted by molar-refractivity contribution is 9.14. The van der Waals surface area contributed by atoms with Crippen LogP contribution in [0.2, 0.25) is 0 Å². The summed E-state index contributed by atoms with van der Waals surface area (Å²) < 4.78 is 11.0. The maximum atomic E-state index is 12.3. The number of Topliss-reactive ketones (excluding diaryl/α,β-unsaturated/α-hetero) is 1. The largest absolute Gasteiger partial charge is 0.481 e. The number of rotatable bonds is 38. The Balaban J connectivity index is 1.35. The van der Waals surface area contributed by atoms with Crippen LogP contribution in [0.3, 0.4) is 0 Å². The Kier molecular flexibility index (Phi) is 30.0. The van der Waals surface area contributed by atoms with Crippen molar-refractivity contribution >= 4 is 100 Å². The first-order valence-electron chi connectivity index (χ1n) is 20.5. The summed E-state index contributed by atoms with van der Waals surface area (Å²) in [4.78, 5) is 70.7. The first-order chi connectivity index (χ1) is 27.5. The smallest absolute Gasteiger partial charge is 0.326 e. The van der Waals surface area contributed by atoms with Gasteiger partial charge < -0.3 is 35.4 Å². The van der Waals surface area contributed by atoms with E-state index in [-0.39, 0.29) is 76.8 Å². The Bertz CT molecular complexity index is 1190. The van der Waals surface area contributed by atoms with Gasteiger partial charge in [-0.15, -0.1) is 0 Å². The van der Waals surface area contributed by atoms with Gasteiger partial charge in [0.15, 0.2) is 2.74 Å². The third-order valence-corrected chi connectivity index (χ3v) is 23.2. The van der Waals surface area contributed by atoms with E-state index in [9.17, 15) is 39.0 Å². The molecule has 0 aromatic rings. The van der Waals surface area contributed by atoms with Crippen molar-refractivity contribution in [1.82, 2.24) is 10.6 Å². The van der Waals surface area contributed by atoms with Gasteiger partial charge in [0.05, 0.1) is 23.7 Å². The van der Waals surface area contributed by atoms with Crippen molar-refractivity contribution < 1.29 is 53.6 Å². The van der Waals surface area contributed by atoms with Gasteiger partial charge in [0.2, 0.25) is 11.8 Å². The monoisotopic (exact) mass is 916 g/mol. The number of carboxylic acids is 3. The Labute approximate surface area is 362 Å². The van der Waals surface area contributed by atoms with Crippen LogP contribution in [0, 0.1) is 5.92 Å². The molecule has 2 heterocycles. The zero-order valence-electron chi connectivity index (χ0n) is 33.1. The van der Waals surface area contributed by atoms with Crippen molar-refractivity contribution in [2.24, 2.45) is 5.92 Å². The van der Waals surface area contributed by atoms with Crippen LogP contribution in [-0.2, 0) is 38.2 Å². The van der Waals surface area contributed by atoms with Crippen LogP contribution >= 0.6 is 64.8 Å². The number of aliphatic carboxylic acids is 3. The van der Waals surface area contributed by atoms with E-state index in [2.05, 4.69) is 10.6 Å². The molecule has 1 spiro atoms. The number of unbranched alkanes of at least 4 members (excludes halogenated alkanes) is 14. The average Bonchev–Trinajstić information content (AvgIpc) is 3.93. The number of ketones is 1. The molecule has 0 aliphatic carbocycles. The lowest BCUT2D eigenvalue weighted by Gasteiger charge is -2.27. The lowest BCUT2D eigenvalue weighted by Crippen LogP contribution is -2.41. The van der Waals surface area contributed by atoms with E-state index in [4.69, 9.17) is 14.6 Å². The maximum absolute atomic E-state index is 12.3. The molecule has 2 rings (SSSR count). The first-order valence-corrected chi connectivity index (χ1v) is 27.1. The quantitative estimate of drug-likeness (QED) is 0.0222. The van der Waals surface area contributed by atoms with Crippen molar-refractivity contribution in [3.05, 3.63) is 0 Å². The Morgan fingerprint density at radius 3 is 1.65 bits per heavy atom. The molecule has 13 nitrogen and oxygen atoms in total. The SMILES string of the molecule is O=C(O)CCCCCCCCCCCCCCCCC(=O)N[C@@H](CCC(=O)CCCOCCOCC(=O)NCCCC[C@@H](C(=O)O)C1SSC2(SS1)SS2)C(=O)O. The minimum Gasteiger partial charge on any atom is -0.481 e. The zero-order valence-corrected chi connectivity index (χ0v) is 38.0. The molecular weight excluding hydrogens is 853 g/mol. The van der Waals surface area contributed by atoms with Crippen LogP contribution < -0.4 is 10.6 Å². The highest BCUT2D eigenvalue weighted by Crippen LogP contribution is 2.84. The summed E-state index contributed by atoms with van der Waals surface area (Å²) in [7, 11) is 10.5. The van der Waals surface area contributed by atoms with E-state index in [1.807, 2.05) is 21.6 Å². The van der Waals surface area contributed by atoms with E-state index in [0.29, 0.717) is 45.3 Å². The summed E-state index contributed by atoms with van der Waals surface area (Å²) in [6, 6.07) is -1.09. The third kappa shape index (κ3) is 27.5. The fourth-order valence-electron chi connectivity index (χ4n) is 6.00. The number of nitrogens with one attached hydrogen (secondary N) is 2. The van der Waals surface area contributed by atoms with Gasteiger partial charge in [-0.05, 0) is 60.1 Å². The Morgan fingerprint density at radius 1 is 0.544 bits per heavy atom. The zero-order chi connectivity index (χ0) is 41.6. The summed E-state index contributed by atoms with van der Waals surface area (Å²) in [6.45, 7) is 1.15. The molecule has 2 aliphatic heterocycles. The number of hydrogen-bond donors (Lipinski definition) is 5. The van der Waals surface area contributed by atoms with Crippen LogP contribution in [0.4, 0.5) is 0 Å². The minimum absolute atomic E-state index is 0.00850. The van der Waals surface area contributed by atoms with Gasteiger partial charge in [0, 0.05) is 38.8 Å². The molecule has 19 heteroatoms. The molecule has 2 atom stereocenters. The molecule has 0 unspecified atom stereocenters. The number of hydrogen-bond acceptors (Lipinski definition) is 14. The summed E-state index contributed by atoms with van der Waals surface area (Å²) in [5.41, 5.74) is 0. The van der Waals surface area contributed by atoms with Gasteiger partial charge in [0.1, 0.15) is 18.4 Å². The Hall–Kier alpha value is -0.960. The molecule has 57 heavy (non-hydrogen) atoms. The van der Waals surface area contributed by atoms with E-state index in [0.717, 1.165) is 38.5 Å². The molecule has 2 amide bonds. The van der Waals surface area contributed by atoms with Crippen molar-refractivity contribution in [3.8, 4) is 0 Å². The average molecular weight is 917 g/mol. The van der Waals surface area contributed by atoms with E-state index < -0.39 is 29.9 Å². The summed E-state index contributed by atoms with van der Waals surface area (Å²) in [5, 5.41) is 33.2. The van der Waals surface area contributed by atoms with Crippen LogP contribution in [0.25, 0.3) is 0 Å². The van der Waals surface area contributed by atoms with Gasteiger partial charge >= 0.3 is 17.9 Å². The van der Waals surface area contributed by atoms with E-state index >= 15 is 0 Å². The van der Waals surface area contributed by atoms with Crippen LogP contribution in [-0.4, -0.2) is 97.2 Å². The normalized spacial score (nSPS) is 15.9. The molecule has 0 aromatic heterocycles. The van der Waals surface area contributed by atoms with Crippen molar-refractivity contribution in [1.29, 1.82) is 0 Å². The second-order valence-corrected chi connectivity index (χ2v) is 23.9.